The summed E-state index contributed by atoms with van der Waals surface area (Å²) in [6.45, 7) is 2.42. The van der Waals surface area contributed by atoms with Gasteiger partial charge in [-0.25, -0.2) is 8.42 Å². The van der Waals surface area contributed by atoms with Crippen LogP contribution in [-0.4, -0.2) is 38.6 Å². The molecule has 9 heteroatoms. The van der Waals surface area contributed by atoms with Gasteiger partial charge in [-0.2, -0.15) is 0 Å². The number of hydrogen-bond acceptors (Lipinski definition) is 6. The van der Waals surface area contributed by atoms with Crippen molar-refractivity contribution in [3.8, 4) is 0 Å². The molecule has 0 heterocycles. The van der Waals surface area contributed by atoms with Gasteiger partial charge >= 0.3 is 0 Å². The molecule has 0 aliphatic rings. The van der Waals surface area contributed by atoms with Crippen LogP contribution in [0, 0.1) is 17.0 Å². The molecule has 0 aliphatic carbocycles. The van der Waals surface area contributed by atoms with Gasteiger partial charge in [0.1, 0.15) is 5.69 Å². The highest BCUT2D eigenvalue weighted by Gasteiger charge is 2.18. The fraction of sp³-hybridized carbons (Fsp3) is 0.211. The minimum Gasteiger partial charge on any atom is -0.378 e. The van der Waals surface area contributed by atoms with E-state index in [0.29, 0.717) is 0 Å². The van der Waals surface area contributed by atoms with Crippen LogP contribution in [0.5, 0.6) is 0 Å². The molecule has 0 aliphatic heterocycles. The number of nitrogens with one attached hydrogen (secondary N) is 2. The highest BCUT2D eigenvalue weighted by atomic mass is 32.2. The molecular weight excluding hydrogens is 382 g/mol. The van der Waals surface area contributed by atoms with Crippen LogP contribution >= 0.6 is 0 Å². The zero-order valence-electron chi connectivity index (χ0n) is 15.5. The molecule has 2 N–H and O–H groups in total. The summed E-state index contributed by atoms with van der Waals surface area (Å²) in [5.74, 6) is -0.285. The predicted octanol–water partition coefficient (Wildman–Crippen LogP) is 2.55. The summed E-state index contributed by atoms with van der Waals surface area (Å²) >= 11 is 0. The van der Waals surface area contributed by atoms with Gasteiger partial charge in [-0.1, -0.05) is 24.3 Å². The molecule has 8 nitrogen and oxygen atoms in total. The number of hydrogen-bond donors (Lipinski definition) is 2. The molecular formula is C19H21N3O5S. The van der Waals surface area contributed by atoms with E-state index in [-0.39, 0.29) is 35.3 Å². The second-order valence-electron chi connectivity index (χ2n) is 6.12. The molecule has 0 spiro atoms. The quantitative estimate of drug-likeness (QED) is 0.303. The van der Waals surface area contributed by atoms with Crippen LogP contribution in [0.4, 0.5) is 11.4 Å². The molecule has 0 fully saturated rings. The Morgan fingerprint density at radius 1 is 1.18 bits per heavy atom. The van der Waals surface area contributed by atoms with E-state index in [1.165, 1.54) is 18.2 Å². The average molecular weight is 403 g/mol. The number of carbonyl (C=O) groups excluding carboxylic acids is 1. The van der Waals surface area contributed by atoms with Crippen molar-refractivity contribution >= 4 is 33.2 Å². The topological polar surface area (TPSA) is 118 Å². The van der Waals surface area contributed by atoms with Crippen LogP contribution in [0.2, 0.25) is 0 Å². The molecule has 0 radical (unpaired) electrons. The Morgan fingerprint density at radius 2 is 1.89 bits per heavy atom. The van der Waals surface area contributed by atoms with Crippen LogP contribution in [0.25, 0.3) is 6.08 Å². The highest BCUT2D eigenvalue weighted by molar-refractivity contribution is 7.90. The van der Waals surface area contributed by atoms with Gasteiger partial charge < -0.3 is 10.6 Å². The van der Waals surface area contributed by atoms with E-state index < -0.39 is 14.8 Å². The standard InChI is InChI=1S/C19H21N3O5S/c1-14-5-3-4-6-15(14)7-10-19(23)21-12-11-20-17-9-8-16(28(2,26)27)13-18(17)22(24)25/h3-10,13,20H,11-12H2,1-2H3,(H,21,23)/b10-7+. The van der Waals surface area contributed by atoms with Gasteiger partial charge in [0.2, 0.25) is 5.91 Å². The number of rotatable bonds is 8. The Bertz CT molecular complexity index is 1020. The maximum atomic E-state index is 11.9. The van der Waals surface area contributed by atoms with Gasteiger partial charge in [-0.05, 0) is 36.3 Å². The molecule has 1 amide bonds. The molecule has 148 valence electrons. The van der Waals surface area contributed by atoms with E-state index in [0.717, 1.165) is 23.4 Å². The highest BCUT2D eigenvalue weighted by Crippen LogP contribution is 2.27. The Kier molecular flexibility index (Phi) is 6.89. The first-order chi connectivity index (χ1) is 13.2. The molecule has 0 saturated carbocycles. The third kappa shape index (κ3) is 5.92. The Morgan fingerprint density at radius 3 is 2.54 bits per heavy atom. The Labute approximate surface area is 163 Å². The van der Waals surface area contributed by atoms with Crippen molar-refractivity contribution in [1.82, 2.24) is 5.32 Å². The minimum atomic E-state index is -3.54. The second-order valence-corrected chi connectivity index (χ2v) is 8.13. The van der Waals surface area contributed by atoms with Crippen molar-refractivity contribution < 1.29 is 18.1 Å². The number of nitro benzene ring substituents is 1. The summed E-state index contributed by atoms with van der Waals surface area (Å²) in [5, 5.41) is 16.7. The van der Waals surface area contributed by atoms with Gasteiger partial charge in [-0.15, -0.1) is 0 Å². The van der Waals surface area contributed by atoms with Crippen molar-refractivity contribution in [1.29, 1.82) is 0 Å². The maximum absolute atomic E-state index is 11.9. The molecule has 0 atom stereocenters. The van der Waals surface area contributed by atoms with Gasteiger partial charge in [-0.3, -0.25) is 14.9 Å². The molecule has 0 unspecified atom stereocenters. The van der Waals surface area contributed by atoms with Gasteiger partial charge in [0.25, 0.3) is 5.69 Å². The van der Waals surface area contributed by atoms with Crippen molar-refractivity contribution in [2.24, 2.45) is 0 Å². The third-order valence-electron chi connectivity index (χ3n) is 3.94. The molecule has 2 aromatic carbocycles. The van der Waals surface area contributed by atoms with Crippen LogP contribution < -0.4 is 10.6 Å². The maximum Gasteiger partial charge on any atom is 0.293 e. The first-order valence-corrected chi connectivity index (χ1v) is 10.3. The summed E-state index contributed by atoms with van der Waals surface area (Å²) in [5.41, 5.74) is 1.84. The van der Waals surface area contributed by atoms with Crippen molar-refractivity contribution in [3.63, 3.8) is 0 Å². The normalized spacial score (nSPS) is 11.4. The Balaban J connectivity index is 1.92. The third-order valence-corrected chi connectivity index (χ3v) is 5.05. The number of nitro groups is 1. The lowest BCUT2D eigenvalue weighted by atomic mass is 10.1. The predicted molar refractivity (Wildman–Crippen MR) is 108 cm³/mol. The number of sulfone groups is 1. The lowest BCUT2D eigenvalue weighted by Crippen LogP contribution is -2.27. The molecule has 0 saturated heterocycles. The smallest absolute Gasteiger partial charge is 0.293 e. The summed E-state index contributed by atoms with van der Waals surface area (Å²) in [7, 11) is -3.54. The zero-order valence-corrected chi connectivity index (χ0v) is 16.3. The van der Waals surface area contributed by atoms with Crippen molar-refractivity contribution in [2.75, 3.05) is 24.7 Å². The van der Waals surface area contributed by atoms with Crippen LogP contribution in [0.3, 0.4) is 0 Å². The number of anilines is 1. The lowest BCUT2D eigenvalue weighted by molar-refractivity contribution is -0.384. The van der Waals surface area contributed by atoms with E-state index in [1.54, 1.807) is 6.08 Å². The van der Waals surface area contributed by atoms with E-state index in [4.69, 9.17) is 0 Å². The van der Waals surface area contributed by atoms with Crippen molar-refractivity contribution in [3.05, 3.63) is 69.8 Å². The minimum absolute atomic E-state index is 0.126. The zero-order chi connectivity index (χ0) is 20.7. The molecule has 0 bridgehead atoms. The number of amides is 1. The van der Waals surface area contributed by atoms with E-state index >= 15 is 0 Å². The lowest BCUT2D eigenvalue weighted by Gasteiger charge is -2.08. The van der Waals surface area contributed by atoms with E-state index in [1.807, 2.05) is 31.2 Å². The molecule has 2 rings (SSSR count). The summed E-state index contributed by atoms with van der Waals surface area (Å²) in [6, 6.07) is 11.3. The average Bonchev–Trinajstić information content (AvgIpc) is 2.63. The number of aryl methyl sites for hydroxylation is 1. The molecule has 0 aromatic heterocycles. The molecule has 2 aromatic rings. The van der Waals surface area contributed by atoms with Gasteiger partial charge in [0, 0.05) is 31.5 Å². The van der Waals surface area contributed by atoms with E-state index in [2.05, 4.69) is 10.6 Å². The summed E-state index contributed by atoms with van der Waals surface area (Å²) in [4.78, 5) is 22.3. The fourth-order valence-electron chi connectivity index (χ4n) is 2.42. The fourth-order valence-corrected chi connectivity index (χ4v) is 3.06. The Hall–Kier alpha value is -3.20. The number of carbonyl (C=O) groups is 1. The van der Waals surface area contributed by atoms with Crippen LogP contribution in [0.15, 0.2) is 53.4 Å². The monoisotopic (exact) mass is 403 g/mol. The van der Waals surface area contributed by atoms with Crippen molar-refractivity contribution in [2.45, 2.75) is 11.8 Å². The summed E-state index contributed by atoms with van der Waals surface area (Å²) < 4.78 is 23.1. The molecule has 28 heavy (non-hydrogen) atoms. The van der Waals surface area contributed by atoms with Gasteiger partial charge in [0.05, 0.1) is 9.82 Å². The van der Waals surface area contributed by atoms with E-state index in [9.17, 15) is 23.3 Å². The number of nitrogens with zero attached hydrogens (tertiary/aromatic N) is 1. The largest absolute Gasteiger partial charge is 0.378 e. The number of benzene rings is 2. The SMILES string of the molecule is Cc1ccccc1/C=C/C(=O)NCCNc1ccc(S(C)(=O)=O)cc1[N+](=O)[O-]. The van der Waals surface area contributed by atoms with Crippen LogP contribution in [0.1, 0.15) is 11.1 Å². The second kappa shape index (κ2) is 9.14. The first-order valence-electron chi connectivity index (χ1n) is 8.42. The first kappa shape index (κ1) is 21.1. The van der Waals surface area contributed by atoms with Crippen LogP contribution in [-0.2, 0) is 14.6 Å². The van der Waals surface area contributed by atoms with Gasteiger partial charge in [0.15, 0.2) is 9.84 Å². The summed E-state index contributed by atoms with van der Waals surface area (Å²) in [6.07, 6.45) is 4.12.